The second-order valence-corrected chi connectivity index (χ2v) is 5.29. The van der Waals surface area contributed by atoms with Gasteiger partial charge in [-0.25, -0.2) is 4.68 Å². The minimum Gasteiger partial charge on any atom is -0.383 e. The van der Waals surface area contributed by atoms with Crippen LogP contribution in [0.5, 0.6) is 0 Å². The zero-order valence-electron chi connectivity index (χ0n) is 12.4. The topological polar surface area (TPSA) is 74.8 Å². The van der Waals surface area contributed by atoms with Gasteiger partial charge >= 0.3 is 0 Å². The Morgan fingerprint density at radius 2 is 2.18 bits per heavy atom. The van der Waals surface area contributed by atoms with E-state index in [1.54, 1.807) is 36.2 Å². The predicted molar refractivity (Wildman–Crippen MR) is 83.0 cm³/mol. The molecule has 0 radical (unpaired) electrons. The smallest absolute Gasteiger partial charge is 0.209 e. The molecule has 1 aromatic carbocycles. The summed E-state index contributed by atoms with van der Waals surface area (Å²) in [7, 11) is 3.64. The number of hydrogen-bond donors (Lipinski definition) is 0. The van der Waals surface area contributed by atoms with E-state index in [0.717, 1.165) is 0 Å². The summed E-state index contributed by atoms with van der Waals surface area (Å²) in [6.45, 7) is 1.73. The fourth-order valence-corrected chi connectivity index (χ4v) is 2.04. The van der Waals surface area contributed by atoms with E-state index in [1.165, 1.54) is 10.8 Å². The number of carbonyl (C=O) groups is 1. The average molecular weight is 316 g/mol. The van der Waals surface area contributed by atoms with Gasteiger partial charge in [-0.1, -0.05) is 16.8 Å². The molecule has 2 rings (SSSR count). The molecular formula is C15H14ClN5O. The van der Waals surface area contributed by atoms with Crippen LogP contribution in [0.3, 0.4) is 0 Å². The third-order valence-corrected chi connectivity index (χ3v) is 3.19. The third kappa shape index (κ3) is 3.15. The van der Waals surface area contributed by atoms with E-state index in [9.17, 15) is 10.1 Å². The van der Waals surface area contributed by atoms with Crippen molar-refractivity contribution < 1.29 is 4.79 Å². The van der Waals surface area contributed by atoms with Gasteiger partial charge in [0, 0.05) is 31.4 Å². The minimum absolute atomic E-state index is 0.245. The molecule has 0 saturated heterocycles. The predicted octanol–water partition coefficient (Wildman–Crippen LogP) is 2.36. The van der Waals surface area contributed by atoms with Crippen LogP contribution in [0.4, 0.5) is 0 Å². The molecule has 112 valence electrons. The number of hydrogen-bond acceptors (Lipinski definition) is 5. The van der Waals surface area contributed by atoms with Crippen LogP contribution in [-0.4, -0.2) is 39.8 Å². The maximum atomic E-state index is 12.1. The van der Waals surface area contributed by atoms with Crippen molar-refractivity contribution in [3.63, 3.8) is 0 Å². The van der Waals surface area contributed by atoms with Crippen LogP contribution in [0.2, 0.25) is 5.02 Å². The van der Waals surface area contributed by atoms with Crippen LogP contribution in [0, 0.1) is 18.3 Å². The maximum absolute atomic E-state index is 12.1. The standard InChI is InChI=1S/C15H14ClN5O/c1-10-15(14(22)6-7-20(2)3)18-19-21(10)13-5-4-12(16)8-11(13)9-17/h4-8H,1-3H3/b7-6+. The summed E-state index contributed by atoms with van der Waals surface area (Å²) in [5.74, 6) is -0.245. The van der Waals surface area contributed by atoms with E-state index < -0.39 is 0 Å². The highest BCUT2D eigenvalue weighted by Crippen LogP contribution is 2.20. The first-order valence-corrected chi connectivity index (χ1v) is 6.83. The lowest BCUT2D eigenvalue weighted by Gasteiger charge is -2.06. The number of aromatic nitrogens is 3. The lowest BCUT2D eigenvalue weighted by molar-refractivity contribution is 0.104. The Balaban J connectivity index is 2.45. The van der Waals surface area contributed by atoms with Crippen molar-refractivity contribution in [2.45, 2.75) is 6.92 Å². The first kappa shape index (κ1) is 15.7. The normalized spacial score (nSPS) is 10.7. The van der Waals surface area contributed by atoms with Crippen LogP contribution in [0.15, 0.2) is 30.5 Å². The molecule has 0 unspecified atom stereocenters. The molecule has 0 N–H and O–H groups in total. The number of ketones is 1. The lowest BCUT2D eigenvalue weighted by Crippen LogP contribution is -2.05. The van der Waals surface area contributed by atoms with E-state index in [4.69, 9.17) is 11.6 Å². The largest absolute Gasteiger partial charge is 0.383 e. The molecule has 22 heavy (non-hydrogen) atoms. The molecule has 0 aliphatic carbocycles. The number of benzene rings is 1. The Morgan fingerprint density at radius 1 is 1.45 bits per heavy atom. The number of carbonyl (C=O) groups excluding carboxylic acids is 1. The fraction of sp³-hybridized carbons (Fsp3) is 0.200. The van der Waals surface area contributed by atoms with E-state index >= 15 is 0 Å². The van der Waals surface area contributed by atoms with Crippen LogP contribution in [0.25, 0.3) is 5.69 Å². The SMILES string of the molecule is Cc1c(C(=O)/C=C/N(C)C)nnn1-c1ccc(Cl)cc1C#N. The van der Waals surface area contributed by atoms with Crippen LogP contribution in [0.1, 0.15) is 21.7 Å². The summed E-state index contributed by atoms with van der Waals surface area (Å²) < 4.78 is 1.46. The molecule has 0 aliphatic heterocycles. The van der Waals surface area contributed by atoms with Crippen molar-refractivity contribution in [1.29, 1.82) is 5.26 Å². The molecule has 0 bridgehead atoms. The second-order valence-electron chi connectivity index (χ2n) is 4.85. The first-order valence-electron chi connectivity index (χ1n) is 6.45. The van der Waals surface area contributed by atoms with Crippen LogP contribution >= 0.6 is 11.6 Å². The number of allylic oxidation sites excluding steroid dienone is 1. The zero-order valence-corrected chi connectivity index (χ0v) is 13.2. The molecule has 1 aromatic heterocycles. The van der Waals surface area contributed by atoms with Gasteiger partial charge in [-0.2, -0.15) is 5.26 Å². The van der Waals surface area contributed by atoms with E-state index in [2.05, 4.69) is 16.4 Å². The monoisotopic (exact) mass is 315 g/mol. The molecule has 0 saturated carbocycles. The first-order chi connectivity index (χ1) is 10.4. The molecule has 2 aromatic rings. The van der Waals surface area contributed by atoms with Gasteiger partial charge in [0.05, 0.1) is 16.9 Å². The van der Waals surface area contributed by atoms with Gasteiger partial charge in [0.2, 0.25) is 5.78 Å². The van der Waals surface area contributed by atoms with Gasteiger partial charge in [-0.3, -0.25) is 4.79 Å². The van der Waals surface area contributed by atoms with Gasteiger partial charge in [0.1, 0.15) is 6.07 Å². The summed E-state index contributed by atoms with van der Waals surface area (Å²) >= 11 is 5.89. The molecule has 0 amide bonds. The second kappa shape index (κ2) is 6.41. The Labute approximate surface area is 133 Å². The lowest BCUT2D eigenvalue weighted by atomic mass is 10.2. The summed E-state index contributed by atoms with van der Waals surface area (Å²) in [4.78, 5) is 13.9. The van der Waals surface area contributed by atoms with E-state index in [1.807, 2.05) is 14.1 Å². The van der Waals surface area contributed by atoms with Gasteiger partial charge in [0.25, 0.3) is 0 Å². The number of nitrogens with zero attached hydrogens (tertiary/aromatic N) is 5. The number of rotatable bonds is 4. The number of nitriles is 1. The molecule has 1 heterocycles. The molecule has 0 atom stereocenters. The maximum Gasteiger partial charge on any atom is 0.209 e. The van der Waals surface area contributed by atoms with Crippen LogP contribution < -0.4 is 0 Å². The van der Waals surface area contributed by atoms with Crippen LogP contribution in [-0.2, 0) is 0 Å². The Hall–Kier alpha value is -2.65. The summed E-state index contributed by atoms with van der Waals surface area (Å²) in [5.41, 5.74) is 1.71. The van der Waals surface area contributed by atoms with Gasteiger partial charge in [-0.05, 0) is 25.1 Å². The van der Waals surface area contributed by atoms with Crippen molar-refractivity contribution >= 4 is 17.4 Å². The van der Waals surface area contributed by atoms with E-state index in [-0.39, 0.29) is 11.5 Å². The van der Waals surface area contributed by atoms with Crippen molar-refractivity contribution in [3.8, 4) is 11.8 Å². The van der Waals surface area contributed by atoms with Gasteiger partial charge in [0.15, 0.2) is 5.69 Å². The minimum atomic E-state index is -0.245. The Bertz CT molecular complexity index is 786. The molecule has 6 nitrogen and oxygen atoms in total. The molecular weight excluding hydrogens is 302 g/mol. The molecule has 0 spiro atoms. The van der Waals surface area contributed by atoms with Gasteiger partial charge in [-0.15, -0.1) is 5.10 Å². The summed E-state index contributed by atoms with van der Waals surface area (Å²) in [6.07, 6.45) is 3.07. The molecule has 0 aliphatic rings. The number of halogens is 1. The van der Waals surface area contributed by atoms with Crippen molar-refractivity contribution in [3.05, 3.63) is 52.4 Å². The Morgan fingerprint density at radius 3 is 2.82 bits per heavy atom. The Kier molecular flexibility index (Phi) is 4.59. The molecule has 0 fully saturated rings. The fourth-order valence-electron chi connectivity index (χ4n) is 1.86. The zero-order chi connectivity index (χ0) is 16.3. The van der Waals surface area contributed by atoms with E-state index in [0.29, 0.717) is 22.0 Å². The molecule has 7 heteroatoms. The van der Waals surface area contributed by atoms with Crippen molar-refractivity contribution in [2.24, 2.45) is 0 Å². The van der Waals surface area contributed by atoms with Crippen molar-refractivity contribution in [2.75, 3.05) is 14.1 Å². The summed E-state index contributed by atoms with van der Waals surface area (Å²) in [5, 5.41) is 17.6. The highest BCUT2D eigenvalue weighted by Gasteiger charge is 2.17. The average Bonchev–Trinajstić information content (AvgIpc) is 2.86. The summed E-state index contributed by atoms with van der Waals surface area (Å²) in [6, 6.07) is 6.94. The third-order valence-electron chi connectivity index (χ3n) is 2.96. The highest BCUT2D eigenvalue weighted by molar-refractivity contribution is 6.30. The highest BCUT2D eigenvalue weighted by atomic mass is 35.5. The van der Waals surface area contributed by atoms with Crippen molar-refractivity contribution in [1.82, 2.24) is 19.9 Å². The van der Waals surface area contributed by atoms with Gasteiger partial charge < -0.3 is 4.90 Å². The quantitative estimate of drug-likeness (QED) is 0.639.